The first kappa shape index (κ1) is 23.4. The van der Waals surface area contributed by atoms with Gasteiger partial charge in [0.15, 0.2) is 0 Å². The van der Waals surface area contributed by atoms with Crippen LogP contribution in [-0.4, -0.2) is 20.7 Å². The molecule has 6 heteroatoms. The number of nitrogens with one attached hydrogen (secondary N) is 1. The number of pyridine rings is 1. The van der Waals surface area contributed by atoms with Crippen molar-refractivity contribution in [2.45, 2.75) is 63.3 Å². The van der Waals surface area contributed by atoms with Gasteiger partial charge in [0.05, 0.1) is 10.8 Å². The van der Waals surface area contributed by atoms with E-state index >= 15 is 0 Å². The molecule has 0 radical (unpaired) electrons. The van der Waals surface area contributed by atoms with Gasteiger partial charge in [0.1, 0.15) is 11.1 Å². The third-order valence-corrected chi connectivity index (χ3v) is 8.36. The van der Waals surface area contributed by atoms with E-state index in [-0.39, 0.29) is 11.2 Å². The highest BCUT2D eigenvalue weighted by molar-refractivity contribution is 8.00. The molecule has 2 atom stereocenters. The van der Waals surface area contributed by atoms with Gasteiger partial charge in [-0.05, 0) is 74.4 Å². The second-order valence-electron chi connectivity index (χ2n) is 9.40. The number of hydrogen-bond acceptors (Lipinski definition) is 4. The van der Waals surface area contributed by atoms with E-state index in [1.54, 1.807) is 0 Å². The summed E-state index contributed by atoms with van der Waals surface area (Å²) in [5, 5.41) is 15.5. The van der Waals surface area contributed by atoms with Crippen LogP contribution in [0, 0.1) is 17.2 Å². The van der Waals surface area contributed by atoms with E-state index in [2.05, 4.69) is 66.2 Å². The first-order valence-corrected chi connectivity index (χ1v) is 13.3. The summed E-state index contributed by atoms with van der Waals surface area (Å²) in [7, 11) is 0. The van der Waals surface area contributed by atoms with Crippen LogP contribution in [-0.2, 0) is 24.2 Å². The van der Waals surface area contributed by atoms with Gasteiger partial charge in [0.2, 0.25) is 5.91 Å². The lowest BCUT2D eigenvalue weighted by molar-refractivity contribution is -0.115. The van der Waals surface area contributed by atoms with Crippen molar-refractivity contribution < 1.29 is 4.79 Å². The fourth-order valence-electron chi connectivity index (χ4n) is 5.15. The quantitative estimate of drug-likeness (QED) is 0.310. The third kappa shape index (κ3) is 4.41. The average Bonchev–Trinajstić information content (AvgIpc) is 3.19. The van der Waals surface area contributed by atoms with Crippen LogP contribution in [0.2, 0.25) is 0 Å². The number of carbonyl (C=O) groups excluding carboxylic acids is 1. The van der Waals surface area contributed by atoms with Crippen LogP contribution in [0.4, 0.5) is 5.69 Å². The molecular weight excluding hydrogens is 452 g/mol. The van der Waals surface area contributed by atoms with Crippen molar-refractivity contribution in [2.24, 2.45) is 5.92 Å². The van der Waals surface area contributed by atoms with E-state index in [0.717, 1.165) is 42.6 Å². The highest BCUT2D eigenvalue weighted by Crippen LogP contribution is 2.34. The SMILES string of the molecule is CCC(Sc1nc2c(cc1C#N)CC(C)CC2)C(=O)Nc1ccc2c(c1)c1ccccc1n2CC. The Labute approximate surface area is 210 Å². The molecule has 0 bridgehead atoms. The van der Waals surface area contributed by atoms with Crippen molar-refractivity contribution in [3.8, 4) is 6.07 Å². The molecule has 1 amide bonds. The van der Waals surface area contributed by atoms with Crippen LogP contribution < -0.4 is 5.32 Å². The number of thioether (sulfide) groups is 1. The maximum Gasteiger partial charge on any atom is 0.237 e. The number of hydrogen-bond donors (Lipinski definition) is 1. The molecular formula is C29H30N4OS. The lowest BCUT2D eigenvalue weighted by atomic mass is 9.87. The molecule has 0 fully saturated rings. The molecule has 1 aliphatic carbocycles. The van der Waals surface area contributed by atoms with Gasteiger partial charge < -0.3 is 9.88 Å². The van der Waals surface area contributed by atoms with Crippen LogP contribution in [0.25, 0.3) is 21.8 Å². The first-order valence-electron chi connectivity index (χ1n) is 12.4. The summed E-state index contributed by atoms with van der Waals surface area (Å²) in [5.74, 6) is 0.556. The summed E-state index contributed by atoms with van der Waals surface area (Å²) in [4.78, 5) is 18.1. The zero-order valence-electron chi connectivity index (χ0n) is 20.5. The standard InChI is InChI=1S/C29H30N4OS/c1-4-27(35-29-20(17-30)15-19-14-18(3)10-12-24(19)32-29)28(34)31-21-11-13-26-23(16-21)22-8-6-7-9-25(22)33(26)5-2/h6-9,11,13,15-16,18,27H,4-5,10,12,14H2,1-3H3,(H,31,34). The Balaban J connectivity index is 1.40. The second-order valence-corrected chi connectivity index (χ2v) is 10.6. The number of aryl methyl sites for hydroxylation is 2. The predicted molar refractivity (Wildman–Crippen MR) is 144 cm³/mol. The average molecular weight is 483 g/mol. The second kappa shape index (κ2) is 9.75. The van der Waals surface area contributed by atoms with Crippen molar-refractivity contribution in [3.05, 3.63) is 65.4 Å². The summed E-state index contributed by atoms with van der Waals surface area (Å²) in [6.07, 6.45) is 3.67. The van der Waals surface area contributed by atoms with Crippen LogP contribution in [0.15, 0.2) is 53.6 Å². The minimum atomic E-state index is -0.331. The minimum absolute atomic E-state index is 0.0619. The van der Waals surface area contributed by atoms with Crippen LogP contribution >= 0.6 is 11.8 Å². The number of carbonyl (C=O) groups is 1. The number of rotatable bonds is 6. The summed E-state index contributed by atoms with van der Waals surface area (Å²) in [6.45, 7) is 7.28. The molecule has 5 rings (SSSR count). The van der Waals surface area contributed by atoms with Crippen molar-refractivity contribution >= 4 is 45.2 Å². The molecule has 4 aromatic rings. The Hall–Kier alpha value is -3.30. The number of benzene rings is 2. The number of nitriles is 1. The monoisotopic (exact) mass is 482 g/mol. The maximum absolute atomic E-state index is 13.3. The minimum Gasteiger partial charge on any atom is -0.341 e. The van der Waals surface area contributed by atoms with Gasteiger partial charge in [-0.3, -0.25) is 4.79 Å². The number of para-hydroxylation sites is 1. The molecule has 0 saturated carbocycles. The Bertz CT molecular complexity index is 1470. The van der Waals surface area contributed by atoms with E-state index in [4.69, 9.17) is 4.98 Å². The summed E-state index contributed by atoms with van der Waals surface area (Å²) < 4.78 is 2.30. The Kier molecular flexibility index (Phi) is 6.53. The molecule has 2 unspecified atom stereocenters. The summed E-state index contributed by atoms with van der Waals surface area (Å²) in [6, 6.07) is 18.8. The van der Waals surface area contributed by atoms with Crippen molar-refractivity contribution in [3.63, 3.8) is 0 Å². The lowest BCUT2D eigenvalue weighted by Gasteiger charge is -2.22. The molecule has 2 heterocycles. The number of anilines is 1. The van der Waals surface area contributed by atoms with E-state index in [9.17, 15) is 10.1 Å². The molecule has 178 valence electrons. The molecule has 2 aromatic heterocycles. The number of aromatic nitrogens is 2. The Morgan fingerprint density at radius 3 is 2.77 bits per heavy atom. The molecule has 35 heavy (non-hydrogen) atoms. The maximum atomic E-state index is 13.3. The van der Waals surface area contributed by atoms with Crippen LogP contribution in [0.5, 0.6) is 0 Å². The largest absolute Gasteiger partial charge is 0.341 e. The van der Waals surface area contributed by atoms with E-state index in [1.165, 1.54) is 33.7 Å². The highest BCUT2D eigenvalue weighted by Gasteiger charge is 2.24. The van der Waals surface area contributed by atoms with Gasteiger partial charge in [0.25, 0.3) is 0 Å². The topological polar surface area (TPSA) is 70.7 Å². The molecule has 1 aliphatic rings. The van der Waals surface area contributed by atoms with Crippen molar-refractivity contribution in [1.82, 2.24) is 9.55 Å². The highest BCUT2D eigenvalue weighted by atomic mass is 32.2. The van der Waals surface area contributed by atoms with E-state index in [0.29, 0.717) is 22.9 Å². The van der Waals surface area contributed by atoms with Gasteiger partial charge >= 0.3 is 0 Å². The third-order valence-electron chi connectivity index (χ3n) is 6.99. The molecule has 5 nitrogen and oxygen atoms in total. The van der Waals surface area contributed by atoms with Gasteiger partial charge in [-0.1, -0.05) is 43.8 Å². The normalized spacial score (nSPS) is 16.1. The van der Waals surface area contributed by atoms with Gasteiger partial charge in [0, 0.05) is 39.7 Å². The summed E-state index contributed by atoms with van der Waals surface area (Å²) in [5.41, 5.74) is 5.99. The fourth-order valence-corrected chi connectivity index (χ4v) is 6.15. The van der Waals surface area contributed by atoms with E-state index < -0.39 is 0 Å². The molecule has 0 spiro atoms. The lowest BCUT2D eigenvalue weighted by Crippen LogP contribution is -2.25. The van der Waals surface area contributed by atoms with Crippen molar-refractivity contribution in [2.75, 3.05) is 5.32 Å². The Morgan fingerprint density at radius 2 is 2.00 bits per heavy atom. The molecule has 0 aliphatic heterocycles. The number of fused-ring (bicyclic) bond motifs is 4. The van der Waals surface area contributed by atoms with E-state index in [1.807, 2.05) is 19.1 Å². The van der Waals surface area contributed by atoms with Gasteiger partial charge in [-0.2, -0.15) is 5.26 Å². The van der Waals surface area contributed by atoms with Gasteiger partial charge in [-0.25, -0.2) is 4.98 Å². The smallest absolute Gasteiger partial charge is 0.237 e. The molecule has 1 N–H and O–H groups in total. The van der Waals surface area contributed by atoms with Crippen LogP contribution in [0.1, 0.15) is 50.4 Å². The summed E-state index contributed by atoms with van der Waals surface area (Å²) >= 11 is 1.41. The number of nitrogens with zero attached hydrogens (tertiary/aromatic N) is 3. The Morgan fingerprint density at radius 1 is 1.20 bits per heavy atom. The molecule has 0 saturated heterocycles. The zero-order chi connectivity index (χ0) is 24.5. The number of amides is 1. The van der Waals surface area contributed by atoms with Crippen LogP contribution in [0.3, 0.4) is 0 Å². The first-order chi connectivity index (χ1) is 17.0. The van der Waals surface area contributed by atoms with Crippen molar-refractivity contribution in [1.29, 1.82) is 5.26 Å². The van der Waals surface area contributed by atoms with Gasteiger partial charge in [-0.15, -0.1) is 0 Å². The predicted octanol–water partition coefficient (Wildman–Crippen LogP) is 6.72. The fraction of sp³-hybridized carbons (Fsp3) is 0.345. The molecule has 2 aromatic carbocycles. The zero-order valence-corrected chi connectivity index (χ0v) is 21.3.